The maximum atomic E-state index is 14.2. The summed E-state index contributed by atoms with van der Waals surface area (Å²) in [5.74, 6) is -0.641. The van der Waals surface area contributed by atoms with Crippen LogP contribution in [0, 0.1) is 15.9 Å². The van der Waals surface area contributed by atoms with Gasteiger partial charge in [-0.05, 0) is 25.1 Å². The monoisotopic (exact) mass is 389 g/mol. The Bertz CT molecular complexity index is 1030. The Hall–Kier alpha value is -3.53. The lowest BCUT2D eigenvalue weighted by Crippen LogP contribution is -2.17. The lowest BCUT2D eigenvalue weighted by Gasteiger charge is -2.18. The third kappa shape index (κ3) is 3.76. The molecule has 0 aliphatic carbocycles. The highest BCUT2D eigenvalue weighted by molar-refractivity contribution is 5.92. The van der Waals surface area contributed by atoms with Crippen molar-refractivity contribution in [3.05, 3.63) is 52.6 Å². The van der Waals surface area contributed by atoms with E-state index in [0.717, 1.165) is 18.2 Å². The predicted molar refractivity (Wildman–Crippen MR) is 96.4 cm³/mol. The number of ether oxygens (including phenoxy) is 3. The second-order valence-electron chi connectivity index (χ2n) is 5.75. The normalized spacial score (nSPS) is 11.9. The van der Waals surface area contributed by atoms with Crippen LogP contribution in [0.15, 0.2) is 36.7 Å². The van der Waals surface area contributed by atoms with Crippen LogP contribution in [0.3, 0.4) is 0 Å². The summed E-state index contributed by atoms with van der Waals surface area (Å²) in [6, 6.07) is 6.28. The van der Waals surface area contributed by atoms with Gasteiger partial charge in [-0.3, -0.25) is 10.1 Å². The van der Waals surface area contributed by atoms with Crippen molar-refractivity contribution in [3.8, 4) is 23.1 Å². The summed E-state index contributed by atoms with van der Waals surface area (Å²) in [6.45, 7) is 1.40. The summed E-state index contributed by atoms with van der Waals surface area (Å²) in [4.78, 5) is 18.2. The maximum absolute atomic E-state index is 14.2. The molecule has 9 nitrogen and oxygen atoms in total. The molecule has 0 saturated heterocycles. The number of nitrogens with zero attached hydrogens (tertiary/aromatic N) is 3. The molecule has 28 heavy (non-hydrogen) atoms. The van der Waals surface area contributed by atoms with Gasteiger partial charge in [-0.2, -0.15) is 0 Å². The van der Waals surface area contributed by atoms with Crippen LogP contribution < -0.4 is 14.2 Å². The number of hydrogen-bond acceptors (Lipinski definition) is 8. The van der Waals surface area contributed by atoms with Gasteiger partial charge in [0.1, 0.15) is 17.8 Å². The van der Waals surface area contributed by atoms with Crippen LogP contribution in [0.1, 0.15) is 6.92 Å². The Morgan fingerprint density at radius 3 is 2.64 bits per heavy atom. The van der Waals surface area contributed by atoms with E-state index in [1.54, 1.807) is 19.1 Å². The smallest absolute Gasteiger partial charge is 0.272 e. The zero-order valence-electron chi connectivity index (χ0n) is 15.0. The van der Waals surface area contributed by atoms with Gasteiger partial charge in [-0.25, -0.2) is 14.4 Å². The number of aliphatic hydroxyl groups excluding tert-OH is 1. The van der Waals surface area contributed by atoms with E-state index in [9.17, 15) is 19.6 Å². The number of aromatic nitrogens is 2. The van der Waals surface area contributed by atoms with Gasteiger partial charge >= 0.3 is 0 Å². The van der Waals surface area contributed by atoms with E-state index in [0.29, 0.717) is 16.7 Å². The minimum Gasteiger partial charge on any atom is -0.493 e. The van der Waals surface area contributed by atoms with Crippen LogP contribution in [0.2, 0.25) is 0 Å². The Labute approximate surface area is 158 Å². The Kier molecular flexibility index (Phi) is 5.50. The molecule has 0 aliphatic heterocycles. The number of aliphatic hydroxyl groups is 1. The first-order valence-corrected chi connectivity index (χ1v) is 8.15. The van der Waals surface area contributed by atoms with E-state index in [1.165, 1.54) is 13.4 Å². The standard InChI is InChI=1S/C18H16FN3O6/c1-10(8-23)27-17-15(26-2)6-4-13-16(17)18(21-9-20-13)28-14-5-3-11(22(24)25)7-12(14)19/h3-7,9-10,23H,8H2,1-2H3/t10-/m1/s1. The molecule has 1 heterocycles. The fraction of sp³-hybridized carbons (Fsp3) is 0.222. The molecule has 0 radical (unpaired) electrons. The van der Waals surface area contributed by atoms with Crippen molar-refractivity contribution in [1.82, 2.24) is 9.97 Å². The summed E-state index contributed by atoms with van der Waals surface area (Å²) in [6.07, 6.45) is 0.663. The SMILES string of the molecule is COc1ccc2ncnc(Oc3ccc([N+](=O)[O-])cc3F)c2c1O[C@H](C)CO. The summed E-state index contributed by atoms with van der Waals surface area (Å²) < 4.78 is 30.9. The first-order valence-electron chi connectivity index (χ1n) is 8.15. The number of methoxy groups -OCH3 is 1. The summed E-state index contributed by atoms with van der Waals surface area (Å²) in [7, 11) is 1.44. The second kappa shape index (κ2) is 8.01. The largest absolute Gasteiger partial charge is 0.493 e. The number of nitro benzene ring substituents is 1. The lowest BCUT2D eigenvalue weighted by atomic mass is 10.2. The predicted octanol–water partition coefficient (Wildman–Crippen LogP) is 3.24. The number of non-ortho nitro benzene ring substituents is 1. The highest BCUT2D eigenvalue weighted by Gasteiger charge is 2.20. The number of halogens is 1. The van der Waals surface area contributed by atoms with Gasteiger partial charge in [0.15, 0.2) is 23.1 Å². The summed E-state index contributed by atoms with van der Waals surface area (Å²) >= 11 is 0. The van der Waals surface area contributed by atoms with Gasteiger partial charge in [0.2, 0.25) is 5.88 Å². The molecule has 3 aromatic rings. The third-order valence-electron chi connectivity index (χ3n) is 3.81. The first kappa shape index (κ1) is 19.2. The average molecular weight is 389 g/mol. The zero-order valence-corrected chi connectivity index (χ0v) is 15.0. The number of hydrogen-bond donors (Lipinski definition) is 1. The van der Waals surface area contributed by atoms with E-state index >= 15 is 0 Å². The molecule has 10 heteroatoms. The Morgan fingerprint density at radius 1 is 1.25 bits per heavy atom. The number of benzene rings is 2. The first-order chi connectivity index (χ1) is 13.4. The van der Waals surface area contributed by atoms with Crippen molar-refractivity contribution < 1.29 is 28.6 Å². The molecule has 0 aliphatic rings. The minimum absolute atomic E-state index is 0.0307. The van der Waals surface area contributed by atoms with Crippen molar-refractivity contribution in [2.45, 2.75) is 13.0 Å². The van der Waals surface area contributed by atoms with Crippen molar-refractivity contribution in [2.75, 3.05) is 13.7 Å². The quantitative estimate of drug-likeness (QED) is 0.483. The Morgan fingerprint density at radius 2 is 2.00 bits per heavy atom. The van der Waals surface area contributed by atoms with Gasteiger partial charge in [0, 0.05) is 6.07 Å². The van der Waals surface area contributed by atoms with E-state index in [2.05, 4.69) is 9.97 Å². The van der Waals surface area contributed by atoms with Crippen LogP contribution in [0.5, 0.6) is 23.1 Å². The molecule has 0 bridgehead atoms. The molecule has 0 spiro atoms. The van der Waals surface area contributed by atoms with Crippen molar-refractivity contribution >= 4 is 16.6 Å². The van der Waals surface area contributed by atoms with Gasteiger partial charge in [-0.15, -0.1) is 0 Å². The molecule has 146 valence electrons. The third-order valence-corrected chi connectivity index (χ3v) is 3.81. The van der Waals surface area contributed by atoms with E-state index < -0.39 is 22.5 Å². The van der Waals surface area contributed by atoms with E-state index in [4.69, 9.17) is 14.2 Å². The summed E-state index contributed by atoms with van der Waals surface area (Å²) in [5.41, 5.74) is 0.0353. The molecule has 3 rings (SSSR count). The molecule has 1 aromatic heterocycles. The van der Waals surface area contributed by atoms with Gasteiger partial charge < -0.3 is 19.3 Å². The highest BCUT2D eigenvalue weighted by atomic mass is 19.1. The fourth-order valence-electron chi connectivity index (χ4n) is 2.46. The Balaban J connectivity index is 2.12. The number of nitro groups is 1. The molecular weight excluding hydrogens is 373 g/mol. The molecule has 2 aromatic carbocycles. The van der Waals surface area contributed by atoms with E-state index in [-0.39, 0.29) is 24.0 Å². The molecule has 1 atom stereocenters. The molecule has 0 saturated carbocycles. The summed E-state index contributed by atoms with van der Waals surface area (Å²) in [5, 5.41) is 20.4. The molecule has 0 amide bonds. The van der Waals surface area contributed by atoms with Crippen molar-refractivity contribution in [1.29, 1.82) is 0 Å². The topological polar surface area (TPSA) is 117 Å². The van der Waals surface area contributed by atoms with Crippen molar-refractivity contribution in [3.63, 3.8) is 0 Å². The van der Waals surface area contributed by atoms with Crippen LogP contribution in [0.25, 0.3) is 10.9 Å². The van der Waals surface area contributed by atoms with Crippen LogP contribution in [-0.4, -0.2) is 39.8 Å². The minimum atomic E-state index is -0.921. The highest BCUT2D eigenvalue weighted by Crippen LogP contribution is 2.41. The number of fused-ring (bicyclic) bond motifs is 1. The lowest BCUT2D eigenvalue weighted by molar-refractivity contribution is -0.385. The molecular formula is C18H16FN3O6. The van der Waals surface area contributed by atoms with Crippen LogP contribution in [-0.2, 0) is 0 Å². The van der Waals surface area contributed by atoms with Gasteiger partial charge in [-0.1, -0.05) is 0 Å². The molecule has 1 N–H and O–H groups in total. The molecule has 0 unspecified atom stereocenters. The van der Waals surface area contributed by atoms with Gasteiger partial charge in [0.05, 0.1) is 30.2 Å². The van der Waals surface area contributed by atoms with Crippen molar-refractivity contribution in [2.24, 2.45) is 0 Å². The van der Waals surface area contributed by atoms with Crippen LogP contribution >= 0.6 is 0 Å². The number of rotatable bonds is 7. The fourth-order valence-corrected chi connectivity index (χ4v) is 2.46. The maximum Gasteiger partial charge on any atom is 0.272 e. The average Bonchev–Trinajstić information content (AvgIpc) is 2.69. The molecule has 0 fully saturated rings. The van der Waals surface area contributed by atoms with E-state index in [1.807, 2.05) is 0 Å². The van der Waals surface area contributed by atoms with Crippen LogP contribution in [0.4, 0.5) is 10.1 Å². The zero-order chi connectivity index (χ0) is 20.3. The van der Waals surface area contributed by atoms with Gasteiger partial charge in [0.25, 0.3) is 5.69 Å². The second-order valence-corrected chi connectivity index (χ2v) is 5.75.